The number of aliphatic hydroxyl groups is 7. The van der Waals surface area contributed by atoms with Crippen molar-refractivity contribution in [2.75, 3.05) is 19.8 Å². The van der Waals surface area contributed by atoms with Crippen LogP contribution in [0.4, 0.5) is 0 Å². The summed E-state index contributed by atoms with van der Waals surface area (Å²) in [5.41, 5.74) is 0. The molecular formula is C18H32O12. The van der Waals surface area contributed by atoms with Crippen molar-refractivity contribution in [1.29, 1.82) is 0 Å². The molecule has 12 heteroatoms. The average molecular weight is 440 g/mol. The van der Waals surface area contributed by atoms with Crippen LogP contribution in [0.1, 0.15) is 26.7 Å². The minimum atomic E-state index is -2.27. The molecule has 176 valence electrons. The molecule has 0 aliphatic carbocycles. The summed E-state index contributed by atoms with van der Waals surface area (Å²) in [6.07, 6.45) is -12.0. The van der Waals surface area contributed by atoms with Gasteiger partial charge < -0.3 is 54.7 Å². The molecule has 7 N–H and O–H groups in total. The molecule has 2 rings (SSSR count). The van der Waals surface area contributed by atoms with Gasteiger partial charge in [0.15, 0.2) is 6.29 Å². The number of ether oxygens (including phenoxy) is 4. The molecule has 1 unspecified atom stereocenters. The van der Waals surface area contributed by atoms with Crippen LogP contribution >= 0.6 is 0 Å². The summed E-state index contributed by atoms with van der Waals surface area (Å²) in [7, 11) is 0. The van der Waals surface area contributed by atoms with E-state index in [1.165, 1.54) is 0 Å². The van der Waals surface area contributed by atoms with Gasteiger partial charge in [-0.3, -0.25) is 4.79 Å². The fourth-order valence-electron chi connectivity index (χ4n) is 3.28. The van der Waals surface area contributed by atoms with Crippen molar-refractivity contribution in [2.24, 2.45) is 5.92 Å². The Hall–Kier alpha value is -0.930. The van der Waals surface area contributed by atoms with Crippen LogP contribution < -0.4 is 0 Å². The Morgan fingerprint density at radius 2 is 1.70 bits per heavy atom. The van der Waals surface area contributed by atoms with E-state index in [1.54, 1.807) is 0 Å². The van der Waals surface area contributed by atoms with E-state index in [0.717, 1.165) is 6.42 Å². The molecule has 0 bridgehead atoms. The predicted octanol–water partition coefficient (Wildman–Crippen LogP) is -3.41. The molecule has 2 aliphatic heterocycles. The Bertz CT molecular complexity index is 561. The first-order valence-electron chi connectivity index (χ1n) is 9.88. The highest BCUT2D eigenvalue weighted by Gasteiger charge is 2.58. The van der Waals surface area contributed by atoms with Crippen molar-refractivity contribution in [2.45, 2.75) is 81.5 Å². The zero-order valence-electron chi connectivity index (χ0n) is 16.9. The maximum Gasteiger partial charge on any atom is 0.306 e. The zero-order valence-corrected chi connectivity index (χ0v) is 16.9. The maximum atomic E-state index is 11.9. The lowest BCUT2D eigenvalue weighted by atomic mass is 9.98. The van der Waals surface area contributed by atoms with E-state index in [-0.39, 0.29) is 12.3 Å². The van der Waals surface area contributed by atoms with Gasteiger partial charge in [0.25, 0.3) is 0 Å². The molecule has 0 saturated carbocycles. The summed E-state index contributed by atoms with van der Waals surface area (Å²) >= 11 is 0. The molecule has 2 heterocycles. The number of rotatable bonds is 9. The Morgan fingerprint density at radius 1 is 1.03 bits per heavy atom. The first kappa shape index (κ1) is 25.3. The second-order valence-electron chi connectivity index (χ2n) is 7.78. The van der Waals surface area contributed by atoms with Gasteiger partial charge in [-0.1, -0.05) is 20.3 Å². The number of hydrogen-bond donors (Lipinski definition) is 7. The highest BCUT2D eigenvalue weighted by molar-refractivity contribution is 5.69. The van der Waals surface area contributed by atoms with E-state index in [0.29, 0.717) is 0 Å². The van der Waals surface area contributed by atoms with Crippen LogP contribution in [0.25, 0.3) is 0 Å². The van der Waals surface area contributed by atoms with E-state index in [9.17, 15) is 40.5 Å². The number of carbonyl (C=O) groups is 1. The standard InChI is InChI=1S/C18H32O12/c1-3-8(2)4-11(21)27-6-10-12(22)14(24)15(25)17(28-10)30-18(7-20)16(26)13(23)9(5-19)29-18/h8-10,12-17,19-20,22-26H,3-7H2,1-2H3/t8?,9-,10-,12-,13-,14+,15-,16+,17-,18+/m1/s1. The summed E-state index contributed by atoms with van der Waals surface area (Å²) in [6.45, 7) is 1.67. The molecule has 0 radical (unpaired) electrons. The summed E-state index contributed by atoms with van der Waals surface area (Å²) < 4.78 is 21.1. The van der Waals surface area contributed by atoms with E-state index >= 15 is 0 Å². The molecule has 2 fully saturated rings. The van der Waals surface area contributed by atoms with Gasteiger partial charge in [-0.25, -0.2) is 0 Å². The lowest BCUT2D eigenvalue weighted by molar-refractivity contribution is -0.383. The van der Waals surface area contributed by atoms with Gasteiger partial charge in [-0.15, -0.1) is 0 Å². The number of hydrogen-bond acceptors (Lipinski definition) is 12. The fourth-order valence-corrected chi connectivity index (χ4v) is 3.28. The zero-order chi connectivity index (χ0) is 22.6. The topological polar surface area (TPSA) is 196 Å². The smallest absolute Gasteiger partial charge is 0.306 e. The largest absolute Gasteiger partial charge is 0.463 e. The van der Waals surface area contributed by atoms with Gasteiger partial charge in [0, 0.05) is 6.42 Å². The monoisotopic (exact) mass is 440 g/mol. The highest BCUT2D eigenvalue weighted by Crippen LogP contribution is 2.36. The van der Waals surface area contributed by atoms with Gasteiger partial charge in [-0.05, 0) is 5.92 Å². The molecule has 2 aliphatic rings. The van der Waals surface area contributed by atoms with Gasteiger partial charge in [0.1, 0.15) is 55.9 Å². The quantitative estimate of drug-likeness (QED) is 0.176. The molecule has 0 aromatic heterocycles. The normalized spacial score (nSPS) is 42.8. The summed E-state index contributed by atoms with van der Waals surface area (Å²) in [4.78, 5) is 11.9. The highest BCUT2D eigenvalue weighted by atomic mass is 16.8. The minimum absolute atomic E-state index is 0.0921. The van der Waals surface area contributed by atoms with Crippen molar-refractivity contribution in [1.82, 2.24) is 0 Å². The van der Waals surface area contributed by atoms with Crippen LogP contribution in [-0.2, 0) is 23.7 Å². The molecule has 0 amide bonds. The molecule has 0 aromatic rings. The number of esters is 1. The van der Waals surface area contributed by atoms with Gasteiger partial charge >= 0.3 is 5.97 Å². The molecule has 2 saturated heterocycles. The average Bonchev–Trinajstić information content (AvgIpc) is 2.98. The van der Waals surface area contributed by atoms with Crippen LogP contribution in [0.5, 0.6) is 0 Å². The van der Waals surface area contributed by atoms with Gasteiger partial charge in [0.05, 0.1) is 6.61 Å². The Labute approximate surface area is 173 Å². The summed E-state index contributed by atoms with van der Waals surface area (Å²) in [5.74, 6) is -2.71. The second kappa shape index (κ2) is 10.6. The minimum Gasteiger partial charge on any atom is -0.463 e. The third kappa shape index (κ3) is 5.27. The van der Waals surface area contributed by atoms with E-state index in [4.69, 9.17) is 18.9 Å². The SMILES string of the molecule is CCC(C)CC(=O)OC[C@H]1O[C@H](O[C@]2(CO)O[C@H](CO)[C@@H](O)[C@@H]2O)[C@H](O)[C@@H](O)[C@@H]1O. The van der Waals surface area contributed by atoms with Crippen molar-refractivity contribution in [3.8, 4) is 0 Å². The van der Waals surface area contributed by atoms with Gasteiger partial charge in [-0.2, -0.15) is 0 Å². The number of carbonyl (C=O) groups excluding carboxylic acids is 1. The predicted molar refractivity (Wildman–Crippen MR) is 96.6 cm³/mol. The van der Waals surface area contributed by atoms with E-state index in [2.05, 4.69) is 0 Å². The first-order valence-corrected chi connectivity index (χ1v) is 9.88. The lowest BCUT2D eigenvalue weighted by Crippen LogP contribution is -2.62. The summed E-state index contributed by atoms with van der Waals surface area (Å²) in [5, 5.41) is 69.5. The van der Waals surface area contributed by atoms with Crippen LogP contribution in [0, 0.1) is 5.92 Å². The van der Waals surface area contributed by atoms with Crippen molar-refractivity contribution < 1.29 is 59.5 Å². The van der Waals surface area contributed by atoms with Crippen LogP contribution in [0.2, 0.25) is 0 Å². The fraction of sp³-hybridized carbons (Fsp3) is 0.944. The van der Waals surface area contributed by atoms with Gasteiger partial charge in [0.2, 0.25) is 5.79 Å². The van der Waals surface area contributed by atoms with Crippen LogP contribution in [0.3, 0.4) is 0 Å². The van der Waals surface area contributed by atoms with Crippen molar-refractivity contribution >= 4 is 5.97 Å². The molecular weight excluding hydrogens is 408 g/mol. The molecule has 10 atom stereocenters. The Kier molecular flexibility index (Phi) is 8.94. The first-order chi connectivity index (χ1) is 14.1. The molecule has 12 nitrogen and oxygen atoms in total. The maximum absolute atomic E-state index is 11.9. The Morgan fingerprint density at radius 3 is 2.23 bits per heavy atom. The third-order valence-corrected chi connectivity index (χ3v) is 5.51. The third-order valence-electron chi connectivity index (χ3n) is 5.51. The van der Waals surface area contributed by atoms with Crippen LogP contribution in [0.15, 0.2) is 0 Å². The van der Waals surface area contributed by atoms with E-state index in [1.807, 2.05) is 13.8 Å². The second-order valence-corrected chi connectivity index (χ2v) is 7.78. The van der Waals surface area contributed by atoms with Crippen molar-refractivity contribution in [3.63, 3.8) is 0 Å². The Balaban J connectivity index is 2.07. The molecule has 0 spiro atoms. The summed E-state index contributed by atoms with van der Waals surface area (Å²) in [6, 6.07) is 0. The molecule has 0 aromatic carbocycles. The number of aliphatic hydroxyl groups excluding tert-OH is 7. The van der Waals surface area contributed by atoms with Crippen LogP contribution in [-0.4, -0.2) is 116 Å². The van der Waals surface area contributed by atoms with Crippen molar-refractivity contribution in [3.05, 3.63) is 0 Å². The van der Waals surface area contributed by atoms with E-state index < -0.39 is 80.6 Å². The lowest BCUT2D eigenvalue weighted by Gasteiger charge is -2.43. The molecule has 30 heavy (non-hydrogen) atoms.